The van der Waals surface area contributed by atoms with Crippen molar-refractivity contribution in [3.63, 3.8) is 0 Å². The minimum absolute atomic E-state index is 0.241. The maximum absolute atomic E-state index is 13.0. The Morgan fingerprint density at radius 3 is 2.55 bits per heavy atom. The second kappa shape index (κ2) is 10.2. The highest BCUT2D eigenvalue weighted by Crippen LogP contribution is 2.37. The van der Waals surface area contributed by atoms with Crippen LogP contribution in [0.1, 0.15) is 31.9 Å². The Hall–Kier alpha value is -2.74. The molecule has 1 aromatic rings. The fourth-order valence-electron chi connectivity index (χ4n) is 3.40. The third kappa shape index (κ3) is 5.00. The SMILES string of the molecule is CCCN(C)CC1=C(C(=O)OCC)C(c2ccc(OC)cc2OC)NC(=O)N1C. The fourth-order valence-corrected chi connectivity index (χ4v) is 3.40. The number of ether oxygens (including phenoxy) is 3. The molecule has 1 aliphatic rings. The predicted molar refractivity (Wildman–Crippen MR) is 110 cm³/mol. The van der Waals surface area contributed by atoms with Gasteiger partial charge in [0.2, 0.25) is 0 Å². The number of carbonyl (C=O) groups excluding carboxylic acids is 2. The van der Waals surface area contributed by atoms with E-state index in [-0.39, 0.29) is 12.6 Å². The highest BCUT2D eigenvalue weighted by Gasteiger charge is 2.38. The van der Waals surface area contributed by atoms with E-state index >= 15 is 0 Å². The number of benzene rings is 1. The summed E-state index contributed by atoms with van der Waals surface area (Å²) in [6, 6.07) is 4.31. The quantitative estimate of drug-likeness (QED) is 0.636. The van der Waals surface area contributed by atoms with Gasteiger partial charge in [-0.05, 0) is 39.1 Å². The number of rotatable bonds is 9. The zero-order valence-electron chi connectivity index (χ0n) is 18.1. The lowest BCUT2D eigenvalue weighted by Gasteiger charge is -2.36. The molecule has 0 bridgehead atoms. The number of hydrogen-bond acceptors (Lipinski definition) is 6. The number of nitrogens with one attached hydrogen (secondary N) is 1. The van der Waals surface area contributed by atoms with Crippen molar-refractivity contribution in [2.24, 2.45) is 0 Å². The number of amides is 2. The van der Waals surface area contributed by atoms with E-state index in [1.54, 1.807) is 46.4 Å². The van der Waals surface area contributed by atoms with Crippen molar-refractivity contribution < 1.29 is 23.8 Å². The highest BCUT2D eigenvalue weighted by atomic mass is 16.5. The van der Waals surface area contributed by atoms with Gasteiger partial charge in [-0.2, -0.15) is 0 Å². The zero-order valence-corrected chi connectivity index (χ0v) is 18.1. The standard InChI is InChI=1S/C21H31N3O5/c1-7-11-23(3)13-16-18(20(25)29-8-2)19(22-21(26)24(16)4)15-10-9-14(27-5)12-17(15)28-6/h9-10,12,19H,7-8,11,13H2,1-6H3,(H,22,26). The van der Waals surface area contributed by atoms with Crippen LogP contribution in [0.25, 0.3) is 0 Å². The molecule has 0 aliphatic carbocycles. The number of urea groups is 1. The molecule has 8 nitrogen and oxygen atoms in total. The normalized spacial score (nSPS) is 16.7. The molecule has 0 spiro atoms. The molecule has 29 heavy (non-hydrogen) atoms. The Bertz CT molecular complexity index is 778. The van der Waals surface area contributed by atoms with Crippen LogP contribution in [0.5, 0.6) is 11.5 Å². The maximum atomic E-state index is 13.0. The van der Waals surface area contributed by atoms with Crippen LogP contribution in [-0.4, -0.2) is 69.8 Å². The number of likely N-dealkylation sites (N-methyl/N-ethyl adjacent to an activating group) is 2. The van der Waals surface area contributed by atoms with Gasteiger partial charge in [-0.1, -0.05) is 6.92 Å². The van der Waals surface area contributed by atoms with E-state index in [0.717, 1.165) is 13.0 Å². The van der Waals surface area contributed by atoms with Gasteiger partial charge in [0.05, 0.1) is 32.4 Å². The van der Waals surface area contributed by atoms with Crippen molar-refractivity contribution in [1.82, 2.24) is 15.1 Å². The van der Waals surface area contributed by atoms with E-state index in [1.807, 2.05) is 7.05 Å². The topological polar surface area (TPSA) is 80.3 Å². The van der Waals surface area contributed by atoms with Gasteiger partial charge in [0.25, 0.3) is 0 Å². The number of carbonyl (C=O) groups is 2. The first kappa shape index (κ1) is 22.5. The predicted octanol–water partition coefficient (Wildman–Crippen LogP) is 2.56. The second-order valence-electron chi connectivity index (χ2n) is 6.87. The molecular weight excluding hydrogens is 374 g/mol. The summed E-state index contributed by atoms with van der Waals surface area (Å²) in [5, 5.41) is 2.91. The number of esters is 1. The van der Waals surface area contributed by atoms with Crippen LogP contribution in [0.3, 0.4) is 0 Å². The Morgan fingerprint density at radius 1 is 1.24 bits per heavy atom. The van der Waals surface area contributed by atoms with Gasteiger partial charge in [-0.25, -0.2) is 9.59 Å². The molecule has 0 saturated carbocycles. The summed E-state index contributed by atoms with van der Waals surface area (Å²) in [4.78, 5) is 29.2. The second-order valence-corrected chi connectivity index (χ2v) is 6.87. The van der Waals surface area contributed by atoms with Gasteiger partial charge in [-0.15, -0.1) is 0 Å². The summed E-state index contributed by atoms with van der Waals surface area (Å²) in [6.45, 7) is 5.37. The molecule has 0 saturated heterocycles. The molecule has 0 aromatic heterocycles. The van der Waals surface area contributed by atoms with Crippen LogP contribution in [0.2, 0.25) is 0 Å². The Morgan fingerprint density at radius 2 is 1.97 bits per heavy atom. The summed E-state index contributed by atoms with van der Waals surface area (Å²) >= 11 is 0. The Kier molecular flexibility index (Phi) is 7.90. The Labute approximate surface area is 172 Å². The highest BCUT2D eigenvalue weighted by molar-refractivity contribution is 5.95. The van der Waals surface area contributed by atoms with Crippen molar-refractivity contribution in [2.75, 3.05) is 48.0 Å². The zero-order chi connectivity index (χ0) is 21.6. The molecule has 0 radical (unpaired) electrons. The van der Waals surface area contributed by atoms with E-state index in [4.69, 9.17) is 14.2 Å². The van der Waals surface area contributed by atoms with Gasteiger partial charge in [0.1, 0.15) is 11.5 Å². The van der Waals surface area contributed by atoms with Crippen LogP contribution >= 0.6 is 0 Å². The van der Waals surface area contributed by atoms with Gasteiger partial charge in [0, 0.05) is 30.9 Å². The number of hydrogen-bond donors (Lipinski definition) is 1. The smallest absolute Gasteiger partial charge is 0.338 e. The molecule has 1 unspecified atom stereocenters. The molecule has 1 aromatic carbocycles. The average Bonchev–Trinajstić information content (AvgIpc) is 2.71. The molecule has 1 heterocycles. The lowest BCUT2D eigenvalue weighted by molar-refractivity contribution is -0.139. The molecule has 2 amide bonds. The van der Waals surface area contributed by atoms with Gasteiger partial charge in [-0.3, -0.25) is 4.90 Å². The van der Waals surface area contributed by atoms with Crippen LogP contribution < -0.4 is 14.8 Å². The molecule has 1 atom stereocenters. The fraction of sp³-hybridized carbons (Fsp3) is 0.524. The van der Waals surface area contributed by atoms with E-state index in [2.05, 4.69) is 17.1 Å². The maximum Gasteiger partial charge on any atom is 0.338 e. The number of nitrogens with zero attached hydrogens (tertiary/aromatic N) is 2. The summed E-state index contributed by atoms with van der Waals surface area (Å²) < 4.78 is 16.1. The van der Waals surface area contributed by atoms with Gasteiger partial charge < -0.3 is 24.4 Å². The van der Waals surface area contributed by atoms with Gasteiger partial charge in [0.15, 0.2) is 0 Å². The third-order valence-corrected chi connectivity index (χ3v) is 4.85. The van der Waals surface area contributed by atoms with E-state index in [9.17, 15) is 9.59 Å². The molecule has 1 N–H and O–H groups in total. The Balaban J connectivity index is 2.63. The van der Waals surface area contributed by atoms with Crippen LogP contribution in [0.15, 0.2) is 29.5 Å². The van der Waals surface area contributed by atoms with E-state index in [0.29, 0.717) is 34.9 Å². The monoisotopic (exact) mass is 405 g/mol. The summed E-state index contributed by atoms with van der Waals surface area (Å²) in [5.74, 6) is 0.679. The molecule has 8 heteroatoms. The average molecular weight is 405 g/mol. The summed E-state index contributed by atoms with van der Waals surface area (Å²) in [7, 11) is 6.73. The first-order chi connectivity index (χ1) is 13.9. The number of methoxy groups -OCH3 is 2. The first-order valence-electron chi connectivity index (χ1n) is 9.72. The van der Waals surface area contributed by atoms with Crippen LogP contribution in [0, 0.1) is 0 Å². The van der Waals surface area contributed by atoms with Crippen molar-refractivity contribution in [3.05, 3.63) is 35.0 Å². The third-order valence-electron chi connectivity index (χ3n) is 4.85. The molecule has 1 aliphatic heterocycles. The van der Waals surface area contributed by atoms with Crippen LogP contribution in [0.4, 0.5) is 4.79 Å². The van der Waals surface area contributed by atoms with Crippen molar-refractivity contribution >= 4 is 12.0 Å². The molecular formula is C21H31N3O5. The first-order valence-corrected chi connectivity index (χ1v) is 9.72. The summed E-state index contributed by atoms with van der Waals surface area (Å²) in [5.41, 5.74) is 1.68. The van der Waals surface area contributed by atoms with Crippen molar-refractivity contribution in [3.8, 4) is 11.5 Å². The van der Waals surface area contributed by atoms with Crippen LogP contribution in [-0.2, 0) is 9.53 Å². The van der Waals surface area contributed by atoms with E-state index < -0.39 is 12.0 Å². The largest absolute Gasteiger partial charge is 0.497 e. The molecule has 2 rings (SSSR count). The lowest BCUT2D eigenvalue weighted by atomic mass is 9.93. The van der Waals surface area contributed by atoms with E-state index in [1.165, 1.54) is 4.90 Å². The molecule has 160 valence electrons. The lowest BCUT2D eigenvalue weighted by Crippen LogP contribution is -2.49. The van der Waals surface area contributed by atoms with Crippen molar-refractivity contribution in [2.45, 2.75) is 26.3 Å². The molecule has 0 fully saturated rings. The minimum Gasteiger partial charge on any atom is -0.497 e. The summed E-state index contributed by atoms with van der Waals surface area (Å²) in [6.07, 6.45) is 0.962. The van der Waals surface area contributed by atoms with Gasteiger partial charge >= 0.3 is 12.0 Å². The minimum atomic E-state index is -0.691. The van der Waals surface area contributed by atoms with Crippen molar-refractivity contribution in [1.29, 1.82) is 0 Å².